The monoisotopic (exact) mass is 264 g/mol. The molecule has 1 aromatic rings. The van der Waals surface area contributed by atoms with Crippen LogP contribution in [-0.4, -0.2) is 5.78 Å². The second-order valence-electron chi connectivity index (χ2n) is 4.02. The molecular weight excluding hydrogens is 252 g/mol. The SMILES string of the molecule is Cc1ccc(Br)cc1CC1=CC(=O)CC1. The summed E-state index contributed by atoms with van der Waals surface area (Å²) in [5.41, 5.74) is 3.87. The molecule has 1 aromatic carbocycles. The summed E-state index contributed by atoms with van der Waals surface area (Å²) in [6.07, 6.45) is 4.35. The molecule has 0 aromatic heterocycles. The summed E-state index contributed by atoms with van der Waals surface area (Å²) in [5, 5.41) is 0. The van der Waals surface area contributed by atoms with Crippen LogP contribution >= 0.6 is 15.9 Å². The number of carbonyl (C=O) groups is 1. The van der Waals surface area contributed by atoms with Gasteiger partial charge in [0.15, 0.2) is 5.78 Å². The van der Waals surface area contributed by atoms with Gasteiger partial charge in [0.25, 0.3) is 0 Å². The molecule has 0 unspecified atom stereocenters. The highest BCUT2D eigenvalue weighted by molar-refractivity contribution is 9.10. The molecule has 1 aliphatic rings. The maximum Gasteiger partial charge on any atom is 0.155 e. The van der Waals surface area contributed by atoms with E-state index in [9.17, 15) is 4.79 Å². The molecule has 0 saturated heterocycles. The summed E-state index contributed by atoms with van der Waals surface area (Å²) >= 11 is 3.47. The highest BCUT2D eigenvalue weighted by Crippen LogP contribution is 2.23. The van der Waals surface area contributed by atoms with Gasteiger partial charge >= 0.3 is 0 Å². The molecule has 0 heterocycles. The summed E-state index contributed by atoms with van der Waals surface area (Å²) in [4.78, 5) is 11.1. The zero-order valence-corrected chi connectivity index (χ0v) is 10.3. The van der Waals surface area contributed by atoms with E-state index in [2.05, 4.69) is 35.0 Å². The van der Waals surface area contributed by atoms with E-state index in [1.54, 1.807) is 6.08 Å². The Morgan fingerprint density at radius 3 is 2.80 bits per heavy atom. The van der Waals surface area contributed by atoms with Gasteiger partial charge in [0.1, 0.15) is 0 Å². The fraction of sp³-hybridized carbons (Fsp3) is 0.308. The average Bonchev–Trinajstić information content (AvgIpc) is 2.58. The van der Waals surface area contributed by atoms with Gasteiger partial charge in [-0.1, -0.05) is 27.6 Å². The third-order valence-electron chi connectivity index (χ3n) is 2.79. The lowest BCUT2D eigenvalue weighted by atomic mass is 10.0. The van der Waals surface area contributed by atoms with E-state index in [1.807, 2.05) is 6.07 Å². The lowest BCUT2D eigenvalue weighted by Crippen LogP contribution is -1.91. The Morgan fingerprint density at radius 2 is 2.13 bits per heavy atom. The van der Waals surface area contributed by atoms with Crippen molar-refractivity contribution in [2.75, 3.05) is 0 Å². The Balaban J connectivity index is 2.20. The Bertz CT molecular complexity index is 432. The number of allylic oxidation sites excluding steroid dienone is 2. The van der Waals surface area contributed by atoms with Gasteiger partial charge in [-0.3, -0.25) is 4.79 Å². The third-order valence-corrected chi connectivity index (χ3v) is 3.28. The standard InChI is InChI=1S/C13H13BrO/c1-9-2-4-12(14)8-11(9)6-10-3-5-13(15)7-10/h2,4,7-8H,3,5-6H2,1H3. The molecule has 2 heteroatoms. The first-order valence-electron chi connectivity index (χ1n) is 5.12. The molecule has 0 radical (unpaired) electrons. The second kappa shape index (κ2) is 4.31. The predicted octanol–water partition coefficient (Wildman–Crippen LogP) is 3.59. The third kappa shape index (κ3) is 2.57. The number of aryl methyl sites for hydroxylation is 1. The van der Waals surface area contributed by atoms with Gasteiger partial charge in [-0.05, 0) is 49.1 Å². The van der Waals surface area contributed by atoms with E-state index < -0.39 is 0 Å². The van der Waals surface area contributed by atoms with Crippen LogP contribution in [0.1, 0.15) is 24.0 Å². The first-order valence-corrected chi connectivity index (χ1v) is 5.92. The molecule has 1 nitrogen and oxygen atoms in total. The fourth-order valence-electron chi connectivity index (χ4n) is 1.87. The maximum atomic E-state index is 11.1. The van der Waals surface area contributed by atoms with Gasteiger partial charge in [-0.25, -0.2) is 0 Å². The lowest BCUT2D eigenvalue weighted by Gasteiger charge is -2.06. The van der Waals surface area contributed by atoms with Gasteiger partial charge in [0.2, 0.25) is 0 Å². The molecule has 1 aliphatic carbocycles. The molecule has 0 spiro atoms. The number of hydrogen-bond acceptors (Lipinski definition) is 1. The van der Waals surface area contributed by atoms with Gasteiger partial charge in [0, 0.05) is 10.9 Å². The summed E-state index contributed by atoms with van der Waals surface area (Å²) in [6.45, 7) is 2.11. The van der Waals surface area contributed by atoms with Gasteiger partial charge in [-0.2, -0.15) is 0 Å². The summed E-state index contributed by atoms with van der Waals surface area (Å²) in [7, 11) is 0. The largest absolute Gasteiger partial charge is 0.295 e. The highest BCUT2D eigenvalue weighted by Gasteiger charge is 2.12. The van der Waals surface area contributed by atoms with E-state index >= 15 is 0 Å². The van der Waals surface area contributed by atoms with Crippen LogP contribution in [0.4, 0.5) is 0 Å². The quantitative estimate of drug-likeness (QED) is 0.798. The molecule has 0 atom stereocenters. The van der Waals surface area contributed by atoms with Crippen molar-refractivity contribution in [2.24, 2.45) is 0 Å². The molecule has 78 valence electrons. The van der Waals surface area contributed by atoms with Crippen molar-refractivity contribution >= 4 is 21.7 Å². The number of rotatable bonds is 2. The maximum absolute atomic E-state index is 11.1. The van der Waals surface area contributed by atoms with Crippen molar-refractivity contribution in [3.63, 3.8) is 0 Å². The minimum atomic E-state index is 0.276. The first-order chi connectivity index (χ1) is 7.15. The molecular formula is C13H13BrO. The molecule has 0 aliphatic heterocycles. The van der Waals surface area contributed by atoms with Crippen molar-refractivity contribution in [3.8, 4) is 0 Å². The van der Waals surface area contributed by atoms with Crippen LogP contribution < -0.4 is 0 Å². The average molecular weight is 265 g/mol. The van der Waals surface area contributed by atoms with Crippen molar-refractivity contribution in [3.05, 3.63) is 45.4 Å². The second-order valence-corrected chi connectivity index (χ2v) is 4.93. The van der Waals surface area contributed by atoms with Crippen molar-refractivity contribution in [2.45, 2.75) is 26.2 Å². The van der Waals surface area contributed by atoms with E-state index in [0.717, 1.165) is 17.3 Å². The minimum absolute atomic E-state index is 0.276. The molecule has 0 bridgehead atoms. The molecule has 0 saturated carbocycles. The molecule has 15 heavy (non-hydrogen) atoms. The Morgan fingerprint density at radius 1 is 1.33 bits per heavy atom. The summed E-state index contributed by atoms with van der Waals surface area (Å²) < 4.78 is 1.10. The van der Waals surface area contributed by atoms with Gasteiger partial charge < -0.3 is 0 Å². The van der Waals surface area contributed by atoms with E-state index in [1.165, 1.54) is 16.7 Å². The molecule has 2 rings (SSSR count). The summed E-state index contributed by atoms with van der Waals surface area (Å²) in [5.74, 6) is 0.276. The Hall–Kier alpha value is -0.890. The van der Waals surface area contributed by atoms with Crippen LogP contribution in [0, 0.1) is 6.92 Å². The minimum Gasteiger partial charge on any atom is -0.295 e. The zero-order chi connectivity index (χ0) is 10.8. The van der Waals surface area contributed by atoms with Crippen LogP contribution in [0.3, 0.4) is 0 Å². The van der Waals surface area contributed by atoms with Crippen molar-refractivity contribution in [1.29, 1.82) is 0 Å². The topological polar surface area (TPSA) is 17.1 Å². The van der Waals surface area contributed by atoms with Crippen molar-refractivity contribution < 1.29 is 4.79 Å². The summed E-state index contributed by atoms with van der Waals surface area (Å²) in [6, 6.07) is 6.29. The van der Waals surface area contributed by atoms with E-state index in [0.29, 0.717) is 6.42 Å². The zero-order valence-electron chi connectivity index (χ0n) is 8.72. The normalized spacial score (nSPS) is 15.6. The molecule has 0 fully saturated rings. The van der Waals surface area contributed by atoms with Gasteiger partial charge in [0.05, 0.1) is 0 Å². The lowest BCUT2D eigenvalue weighted by molar-refractivity contribution is -0.114. The van der Waals surface area contributed by atoms with E-state index in [4.69, 9.17) is 0 Å². The molecule has 0 N–H and O–H groups in total. The smallest absolute Gasteiger partial charge is 0.155 e. The van der Waals surface area contributed by atoms with Gasteiger partial charge in [-0.15, -0.1) is 0 Å². The van der Waals surface area contributed by atoms with Crippen LogP contribution in [0.5, 0.6) is 0 Å². The van der Waals surface area contributed by atoms with Crippen LogP contribution in [0.15, 0.2) is 34.3 Å². The first kappa shape index (κ1) is 10.6. The Labute approximate surface area is 98.3 Å². The van der Waals surface area contributed by atoms with Crippen LogP contribution in [-0.2, 0) is 11.2 Å². The number of halogens is 1. The Kier molecular flexibility index (Phi) is 3.06. The predicted molar refractivity (Wildman–Crippen MR) is 64.9 cm³/mol. The van der Waals surface area contributed by atoms with Crippen molar-refractivity contribution in [1.82, 2.24) is 0 Å². The van der Waals surface area contributed by atoms with Crippen LogP contribution in [0.25, 0.3) is 0 Å². The highest BCUT2D eigenvalue weighted by atomic mass is 79.9. The number of hydrogen-bond donors (Lipinski definition) is 0. The number of carbonyl (C=O) groups excluding carboxylic acids is 1. The number of ketones is 1. The van der Waals surface area contributed by atoms with Crippen LogP contribution in [0.2, 0.25) is 0 Å². The number of benzene rings is 1. The van der Waals surface area contributed by atoms with E-state index in [-0.39, 0.29) is 5.78 Å². The fourth-order valence-corrected chi connectivity index (χ4v) is 2.28. The molecule has 0 amide bonds.